The van der Waals surface area contributed by atoms with Gasteiger partial charge < -0.3 is 15.4 Å². The Labute approximate surface area is 104 Å². The summed E-state index contributed by atoms with van der Waals surface area (Å²) in [6.07, 6.45) is 5.21. The molecule has 0 saturated heterocycles. The van der Waals surface area contributed by atoms with Crippen molar-refractivity contribution in [1.29, 1.82) is 0 Å². The number of nitrogens with zero attached hydrogens (tertiary/aromatic N) is 1. The van der Waals surface area contributed by atoms with Gasteiger partial charge in [-0.15, -0.1) is 0 Å². The van der Waals surface area contributed by atoms with Gasteiger partial charge in [0.05, 0.1) is 18.0 Å². The molecule has 0 spiro atoms. The molecule has 0 aromatic heterocycles. The van der Waals surface area contributed by atoms with E-state index in [9.17, 15) is 0 Å². The number of hydrogen-bond donors (Lipinski definition) is 1. The smallest absolute Gasteiger partial charge is 0.144 e. The zero-order valence-corrected chi connectivity index (χ0v) is 10.8. The van der Waals surface area contributed by atoms with Crippen LogP contribution < -0.4 is 15.4 Å². The minimum absolute atomic E-state index is 0.633. The monoisotopic (exact) mass is 234 g/mol. The lowest BCUT2D eigenvalue weighted by molar-refractivity contribution is 0.342. The fraction of sp³-hybridized carbons (Fsp3) is 0.571. The van der Waals surface area contributed by atoms with Crippen LogP contribution in [0.4, 0.5) is 11.4 Å². The third-order valence-corrected chi connectivity index (χ3v) is 3.60. The molecule has 1 aliphatic carbocycles. The van der Waals surface area contributed by atoms with E-state index in [0.29, 0.717) is 12.6 Å². The molecular weight excluding hydrogens is 212 g/mol. The van der Waals surface area contributed by atoms with E-state index < -0.39 is 0 Å². The van der Waals surface area contributed by atoms with Crippen LogP contribution in [0.5, 0.6) is 5.75 Å². The molecule has 0 aliphatic heterocycles. The first-order valence-corrected chi connectivity index (χ1v) is 6.48. The maximum atomic E-state index is 6.17. The van der Waals surface area contributed by atoms with Crippen LogP contribution in [-0.2, 0) is 0 Å². The average Bonchev–Trinajstić information content (AvgIpc) is 2.85. The third-order valence-electron chi connectivity index (χ3n) is 3.60. The number of anilines is 2. The van der Waals surface area contributed by atoms with Crippen LogP contribution in [0.3, 0.4) is 0 Å². The zero-order chi connectivity index (χ0) is 12.3. The highest BCUT2D eigenvalue weighted by molar-refractivity contribution is 5.74. The Morgan fingerprint density at radius 3 is 2.71 bits per heavy atom. The number of ether oxygens (including phenoxy) is 1. The molecule has 3 nitrogen and oxygen atoms in total. The first kappa shape index (κ1) is 12.1. The first-order chi connectivity index (χ1) is 8.24. The fourth-order valence-electron chi connectivity index (χ4n) is 2.61. The first-order valence-electron chi connectivity index (χ1n) is 6.48. The van der Waals surface area contributed by atoms with Crippen molar-refractivity contribution in [3.8, 4) is 5.75 Å². The predicted molar refractivity (Wildman–Crippen MR) is 72.7 cm³/mol. The molecule has 1 fully saturated rings. The van der Waals surface area contributed by atoms with E-state index in [-0.39, 0.29) is 0 Å². The van der Waals surface area contributed by atoms with E-state index >= 15 is 0 Å². The van der Waals surface area contributed by atoms with E-state index in [1.807, 2.05) is 19.1 Å². The van der Waals surface area contributed by atoms with Crippen molar-refractivity contribution in [3.05, 3.63) is 18.2 Å². The van der Waals surface area contributed by atoms with Crippen molar-refractivity contribution in [3.63, 3.8) is 0 Å². The Bertz CT molecular complexity index is 372. The molecule has 0 bridgehead atoms. The van der Waals surface area contributed by atoms with Crippen LogP contribution in [0.1, 0.15) is 32.6 Å². The van der Waals surface area contributed by atoms with Crippen molar-refractivity contribution >= 4 is 11.4 Å². The van der Waals surface area contributed by atoms with E-state index in [1.165, 1.54) is 25.7 Å². The van der Waals surface area contributed by atoms with Crippen molar-refractivity contribution < 1.29 is 4.74 Å². The molecule has 2 N–H and O–H groups in total. The van der Waals surface area contributed by atoms with Gasteiger partial charge in [-0.1, -0.05) is 18.9 Å². The van der Waals surface area contributed by atoms with Gasteiger partial charge in [-0.25, -0.2) is 0 Å². The number of benzene rings is 1. The second kappa shape index (κ2) is 5.30. The molecule has 0 unspecified atom stereocenters. The van der Waals surface area contributed by atoms with E-state index in [4.69, 9.17) is 10.5 Å². The number of nitrogen functional groups attached to an aromatic ring is 1. The minimum atomic E-state index is 0.633. The third kappa shape index (κ3) is 2.48. The summed E-state index contributed by atoms with van der Waals surface area (Å²) in [6, 6.07) is 6.66. The maximum Gasteiger partial charge on any atom is 0.144 e. The molecule has 1 aromatic carbocycles. The molecule has 1 aliphatic rings. The Morgan fingerprint density at radius 1 is 1.35 bits per heavy atom. The molecule has 0 amide bonds. The molecule has 0 radical (unpaired) electrons. The molecule has 3 heteroatoms. The molecule has 1 aromatic rings. The average molecular weight is 234 g/mol. The van der Waals surface area contributed by atoms with E-state index in [2.05, 4.69) is 18.0 Å². The summed E-state index contributed by atoms with van der Waals surface area (Å²) in [4.78, 5) is 2.31. The van der Waals surface area contributed by atoms with Crippen LogP contribution in [0.15, 0.2) is 18.2 Å². The molecule has 94 valence electrons. The van der Waals surface area contributed by atoms with Gasteiger partial charge in [-0.05, 0) is 31.9 Å². The van der Waals surface area contributed by atoms with Gasteiger partial charge in [0.2, 0.25) is 0 Å². The van der Waals surface area contributed by atoms with Crippen LogP contribution in [0, 0.1) is 0 Å². The SMILES string of the molecule is CCOc1cccc(N(C)C2CCCC2)c1N. The lowest BCUT2D eigenvalue weighted by Crippen LogP contribution is -2.29. The number of hydrogen-bond acceptors (Lipinski definition) is 3. The predicted octanol–water partition coefficient (Wildman–Crippen LogP) is 3.05. The van der Waals surface area contributed by atoms with Crippen LogP contribution >= 0.6 is 0 Å². The van der Waals surface area contributed by atoms with Gasteiger partial charge >= 0.3 is 0 Å². The second-order valence-electron chi connectivity index (χ2n) is 4.67. The normalized spacial score (nSPS) is 16.1. The van der Waals surface area contributed by atoms with Gasteiger partial charge in [0.15, 0.2) is 0 Å². The fourth-order valence-corrected chi connectivity index (χ4v) is 2.61. The number of rotatable bonds is 4. The molecule has 0 atom stereocenters. The Kier molecular flexibility index (Phi) is 3.77. The zero-order valence-electron chi connectivity index (χ0n) is 10.8. The summed E-state index contributed by atoms with van der Waals surface area (Å²) in [5.74, 6) is 0.801. The minimum Gasteiger partial charge on any atom is -0.492 e. The van der Waals surface area contributed by atoms with Crippen molar-refractivity contribution in [1.82, 2.24) is 0 Å². The van der Waals surface area contributed by atoms with Crippen molar-refractivity contribution in [2.45, 2.75) is 38.6 Å². The van der Waals surface area contributed by atoms with Crippen molar-refractivity contribution in [2.75, 3.05) is 24.3 Å². The molecule has 17 heavy (non-hydrogen) atoms. The molecule has 2 rings (SSSR count). The van der Waals surface area contributed by atoms with Gasteiger partial charge in [0, 0.05) is 13.1 Å². The summed E-state index contributed by atoms with van der Waals surface area (Å²) in [5, 5.41) is 0. The van der Waals surface area contributed by atoms with Crippen LogP contribution in [-0.4, -0.2) is 19.7 Å². The highest BCUT2D eigenvalue weighted by atomic mass is 16.5. The summed E-state index contributed by atoms with van der Waals surface area (Å²) in [5.41, 5.74) is 8.04. The Morgan fingerprint density at radius 2 is 2.06 bits per heavy atom. The highest BCUT2D eigenvalue weighted by Crippen LogP contribution is 2.35. The Balaban J connectivity index is 2.21. The quantitative estimate of drug-likeness (QED) is 0.814. The number of para-hydroxylation sites is 1. The summed E-state index contributed by atoms with van der Waals surface area (Å²) in [6.45, 7) is 2.63. The van der Waals surface area contributed by atoms with Gasteiger partial charge in [-0.2, -0.15) is 0 Å². The summed E-state index contributed by atoms with van der Waals surface area (Å²) in [7, 11) is 2.14. The van der Waals surface area contributed by atoms with Gasteiger partial charge in [0.1, 0.15) is 5.75 Å². The Hall–Kier alpha value is -1.38. The lowest BCUT2D eigenvalue weighted by Gasteiger charge is -2.28. The van der Waals surface area contributed by atoms with E-state index in [0.717, 1.165) is 17.1 Å². The second-order valence-corrected chi connectivity index (χ2v) is 4.67. The largest absolute Gasteiger partial charge is 0.492 e. The maximum absolute atomic E-state index is 6.17. The van der Waals surface area contributed by atoms with E-state index in [1.54, 1.807) is 0 Å². The molecule has 0 heterocycles. The van der Waals surface area contributed by atoms with Gasteiger partial charge in [-0.3, -0.25) is 0 Å². The summed E-state index contributed by atoms with van der Waals surface area (Å²) >= 11 is 0. The molecular formula is C14H22N2O. The number of nitrogens with two attached hydrogens (primary N) is 1. The van der Waals surface area contributed by atoms with Crippen LogP contribution in [0.2, 0.25) is 0 Å². The topological polar surface area (TPSA) is 38.5 Å². The highest BCUT2D eigenvalue weighted by Gasteiger charge is 2.21. The van der Waals surface area contributed by atoms with Crippen LogP contribution in [0.25, 0.3) is 0 Å². The summed E-state index contributed by atoms with van der Waals surface area (Å²) < 4.78 is 5.54. The molecule has 1 saturated carbocycles. The van der Waals surface area contributed by atoms with Gasteiger partial charge in [0.25, 0.3) is 0 Å². The van der Waals surface area contributed by atoms with Crippen molar-refractivity contribution in [2.24, 2.45) is 0 Å². The standard InChI is InChI=1S/C14H22N2O/c1-3-17-13-10-6-9-12(14(13)15)16(2)11-7-4-5-8-11/h6,9-11H,3-5,7-8,15H2,1-2H3. The lowest BCUT2D eigenvalue weighted by atomic mass is 10.1.